The fourth-order valence-electron chi connectivity index (χ4n) is 3.17. The summed E-state index contributed by atoms with van der Waals surface area (Å²) in [5.74, 6) is 0.347. The van der Waals surface area contributed by atoms with Crippen molar-refractivity contribution in [3.8, 4) is 0 Å². The summed E-state index contributed by atoms with van der Waals surface area (Å²) in [6.45, 7) is 9.35. The summed E-state index contributed by atoms with van der Waals surface area (Å²) in [5.41, 5.74) is -0.175. The van der Waals surface area contributed by atoms with E-state index in [1.807, 2.05) is 20.8 Å². The summed E-state index contributed by atoms with van der Waals surface area (Å²) >= 11 is 0. The molecule has 0 aromatic heterocycles. The van der Waals surface area contributed by atoms with Gasteiger partial charge in [-0.25, -0.2) is 4.79 Å². The van der Waals surface area contributed by atoms with Crippen LogP contribution in [0.5, 0.6) is 0 Å². The van der Waals surface area contributed by atoms with E-state index in [-0.39, 0.29) is 17.6 Å². The number of likely N-dealkylation sites (tertiary alicyclic amines) is 1. The molecule has 2 aliphatic rings. The van der Waals surface area contributed by atoms with Crippen LogP contribution in [-0.2, 0) is 4.74 Å². The highest BCUT2D eigenvalue weighted by Crippen LogP contribution is 2.46. The molecule has 0 aromatic carbocycles. The van der Waals surface area contributed by atoms with Crippen molar-refractivity contribution in [3.63, 3.8) is 0 Å². The molecule has 104 valence electrons. The van der Waals surface area contributed by atoms with Crippen LogP contribution in [-0.4, -0.2) is 40.9 Å². The summed E-state index contributed by atoms with van der Waals surface area (Å²) in [6, 6.07) is 0. The van der Waals surface area contributed by atoms with Crippen LogP contribution in [0.3, 0.4) is 0 Å². The molecule has 1 saturated heterocycles. The first kappa shape index (κ1) is 13.7. The summed E-state index contributed by atoms with van der Waals surface area (Å²) in [4.78, 5) is 13.7. The van der Waals surface area contributed by atoms with Gasteiger partial charge in [-0.15, -0.1) is 0 Å². The Kier molecular flexibility index (Phi) is 3.34. The van der Waals surface area contributed by atoms with Crippen LogP contribution in [0.1, 0.15) is 47.0 Å². The largest absolute Gasteiger partial charge is 0.444 e. The standard InChI is InChI=1S/C14H25NO3/c1-10-7-14(6-5-11(10)16)8-15(9-14)12(17)18-13(2,3)4/h10-11,16H,5-9H2,1-4H3/t10-,11+/m1/s1. The maximum Gasteiger partial charge on any atom is 0.410 e. The summed E-state index contributed by atoms with van der Waals surface area (Å²) in [6.07, 6.45) is 2.55. The fourth-order valence-corrected chi connectivity index (χ4v) is 3.17. The number of carbonyl (C=O) groups is 1. The molecule has 1 saturated carbocycles. The normalized spacial score (nSPS) is 31.1. The van der Waals surface area contributed by atoms with E-state index >= 15 is 0 Å². The Labute approximate surface area is 109 Å². The number of aliphatic hydroxyl groups excluding tert-OH is 1. The molecule has 0 unspecified atom stereocenters. The zero-order chi connectivity index (χ0) is 13.6. The monoisotopic (exact) mass is 255 g/mol. The number of amides is 1. The minimum Gasteiger partial charge on any atom is -0.444 e. The molecule has 2 fully saturated rings. The Bertz CT molecular complexity index is 328. The average Bonchev–Trinajstić information content (AvgIpc) is 2.16. The van der Waals surface area contributed by atoms with E-state index < -0.39 is 5.60 Å². The first-order chi connectivity index (χ1) is 8.21. The van der Waals surface area contributed by atoms with Crippen molar-refractivity contribution in [1.29, 1.82) is 0 Å². The van der Waals surface area contributed by atoms with E-state index in [1.165, 1.54) is 0 Å². The molecule has 18 heavy (non-hydrogen) atoms. The van der Waals surface area contributed by atoms with Gasteiger partial charge in [0, 0.05) is 18.5 Å². The Morgan fingerprint density at radius 1 is 1.39 bits per heavy atom. The summed E-state index contributed by atoms with van der Waals surface area (Å²) in [5, 5.41) is 9.75. The van der Waals surface area contributed by atoms with E-state index in [2.05, 4.69) is 6.92 Å². The summed E-state index contributed by atoms with van der Waals surface area (Å²) < 4.78 is 5.36. The predicted octanol–water partition coefficient (Wildman–Crippen LogP) is 2.40. The maximum absolute atomic E-state index is 11.9. The number of rotatable bonds is 0. The number of ether oxygens (including phenoxy) is 1. The molecule has 0 aromatic rings. The Hall–Kier alpha value is -0.770. The minimum absolute atomic E-state index is 0.161. The number of carbonyl (C=O) groups excluding carboxylic acids is 1. The highest BCUT2D eigenvalue weighted by atomic mass is 16.6. The molecule has 4 heteroatoms. The van der Waals surface area contributed by atoms with Gasteiger partial charge in [-0.2, -0.15) is 0 Å². The molecule has 0 bridgehead atoms. The number of hydrogen-bond acceptors (Lipinski definition) is 3. The van der Waals surface area contributed by atoms with E-state index in [9.17, 15) is 9.90 Å². The lowest BCUT2D eigenvalue weighted by atomic mass is 9.64. The molecule has 1 N–H and O–H groups in total. The highest BCUT2D eigenvalue weighted by Gasteiger charge is 2.49. The first-order valence-electron chi connectivity index (χ1n) is 6.87. The predicted molar refractivity (Wildman–Crippen MR) is 69.3 cm³/mol. The third-order valence-corrected chi connectivity index (χ3v) is 4.09. The second kappa shape index (κ2) is 4.41. The topological polar surface area (TPSA) is 49.8 Å². The fraction of sp³-hybridized carbons (Fsp3) is 0.929. The smallest absolute Gasteiger partial charge is 0.410 e. The van der Waals surface area contributed by atoms with E-state index in [0.717, 1.165) is 32.4 Å². The van der Waals surface area contributed by atoms with Gasteiger partial charge in [-0.1, -0.05) is 6.92 Å². The number of nitrogens with zero attached hydrogens (tertiary/aromatic N) is 1. The minimum atomic E-state index is -0.421. The molecule has 2 atom stereocenters. The Balaban J connectivity index is 1.85. The van der Waals surface area contributed by atoms with Crippen LogP contribution >= 0.6 is 0 Å². The van der Waals surface area contributed by atoms with E-state index in [1.54, 1.807) is 4.90 Å². The van der Waals surface area contributed by atoms with Crippen LogP contribution in [0, 0.1) is 11.3 Å². The van der Waals surface area contributed by atoms with Crippen molar-refractivity contribution in [1.82, 2.24) is 4.90 Å². The van der Waals surface area contributed by atoms with Gasteiger partial charge in [0.25, 0.3) is 0 Å². The van der Waals surface area contributed by atoms with Gasteiger partial charge in [0.1, 0.15) is 5.60 Å². The van der Waals surface area contributed by atoms with Crippen molar-refractivity contribution in [2.75, 3.05) is 13.1 Å². The van der Waals surface area contributed by atoms with Crippen LogP contribution in [0.4, 0.5) is 4.79 Å². The second-order valence-electron chi connectivity index (χ2n) is 7.12. The molecule has 1 aliphatic carbocycles. The van der Waals surface area contributed by atoms with Gasteiger partial charge in [0.05, 0.1) is 6.10 Å². The van der Waals surface area contributed by atoms with Crippen molar-refractivity contribution in [2.45, 2.75) is 58.7 Å². The number of hydrogen-bond donors (Lipinski definition) is 1. The zero-order valence-electron chi connectivity index (χ0n) is 11.9. The van der Waals surface area contributed by atoms with Crippen LogP contribution in [0.25, 0.3) is 0 Å². The molecule has 2 rings (SSSR count). The average molecular weight is 255 g/mol. The van der Waals surface area contributed by atoms with Crippen molar-refractivity contribution in [3.05, 3.63) is 0 Å². The second-order valence-corrected chi connectivity index (χ2v) is 7.12. The molecular formula is C14H25NO3. The Morgan fingerprint density at radius 3 is 2.50 bits per heavy atom. The lowest BCUT2D eigenvalue weighted by Crippen LogP contribution is -2.61. The van der Waals surface area contributed by atoms with Gasteiger partial charge in [-0.05, 0) is 46.0 Å². The molecule has 1 spiro atoms. The van der Waals surface area contributed by atoms with Gasteiger partial charge in [-0.3, -0.25) is 0 Å². The molecular weight excluding hydrogens is 230 g/mol. The third-order valence-electron chi connectivity index (χ3n) is 4.09. The SMILES string of the molecule is C[C@@H]1CC2(CC[C@@H]1O)CN(C(=O)OC(C)(C)C)C2. The van der Waals surface area contributed by atoms with Crippen molar-refractivity contribution in [2.24, 2.45) is 11.3 Å². The molecule has 1 aliphatic heterocycles. The zero-order valence-corrected chi connectivity index (χ0v) is 11.9. The van der Waals surface area contributed by atoms with Crippen LogP contribution in [0.2, 0.25) is 0 Å². The van der Waals surface area contributed by atoms with Crippen LogP contribution in [0.15, 0.2) is 0 Å². The van der Waals surface area contributed by atoms with Crippen LogP contribution < -0.4 is 0 Å². The van der Waals surface area contributed by atoms with Gasteiger partial charge in [0.15, 0.2) is 0 Å². The maximum atomic E-state index is 11.9. The lowest BCUT2D eigenvalue weighted by molar-refractivity contribution is -0.0800. The molecule has 1 heterocycles. The Morgan fingerprint density at radius 2 is 2.00 bits per heavy atom. The van der Waals surface area contributed by atoms with E-state index in [4.69, 9.17) is 4.74 Å². The number of aliphatic hydroxyl groups is 1. The van der Waals surface area contributed by atoms with Crippen molar-refractivity contribution >= 4 is 6.09 Å². The third kappa shape index (κ3) is 2.79. The van der Waals surface area contributed by atoms with Gasteiger partial charge >= 0.3 is 6.09 Å². The van der Waals surface area contributed by atoms with Crippen molar-refractivity contribution < 1.29 is 14.6 Å². The molecule has 1 amide bonds. The van der Waals surface area contributed by atoms with Gasteiger partial charge in [0.2, 0.25) is 0 Å². The highest BCUT2D eigenvalue weighted by molar-refractivity contribution is 5.69. The molecule has 4 nitrogen and oxygen atoms in total. The quantitative estimate of drug-likeness (QED) is 0.723. The summed E-state index contributed by atoms with van der Waals surface area (Å²) in [7, 11) is 0. The van der Waals surface area contributed by atoms with Gasteiger partial charge < -0.3 is 14.7 Å². The first-order valence-corrected chi connectivity index (χ1v) is 6.87. The molecule has 0 radical (unpaired) electrons. The lowest BCUT2D eigenvalue weighted by Gasteiger charge is -2.54. The van der Waals surface area contributed by atoms with E-state index in [0.29, 0.717) is 5.92 Å².